The Morgan fingerprint density at radius 2 is 1.95 bits per heavy atom. The van der Waals surface area contributed by atoms with Crippen LogP contribution in [-0.4, -0.2) is 17.0 Å². The molecule has 0 radical (unpaired) electrons. The second-order valence-electron chi connectivity index (χ2n) is 5.60. The van der Waals surface area contributed by atoms with Crippen LogP contribution in [0.2, 0.25) is 5.02 Å². The van der Waals surface area contributed by atoms with Crippen LogP contribution in [0, 0.1) is 5.92 Å². The molecule has 2 rings (SSSR count). The van der Waals surface area contributed by atoms with Crippen LogP contribution in [0.3, 0.4) is 0 Å². The summed E-state index contributed by atoms with van der Waals surface area (Å²) in [6, 6.07) is 6.59. The zero-order valence-corrected chi connectivity index (χ0v) is 12.8. The molecule has 0 saturated heterocycles. The van der Waals surface area contributed by atoms with Gasteiger partial charge in [0.25, 0.3) is 0 Å². The summed E-state index contributed by atoms with van der Waals surface area (Å²) in [4.78, 5) is 23.9. The van der Waals surface area contributed by atoms with Gasteiger partial charge in [-0.05, 0) is 36.5 Å². The normalized spacial score (nSPS) is 17.0. The molecule has 1 aliphatic carbocycles. The summed E-state index contributed by atoms with van der Waals surface area (Å²) in [5, 5.41) is 12.9. The average molecular weight is 310 g/mol. The monoisotopic (exact) mass is 309 g/mol. The van der Waals surface area contributed by atoms with Gasteiger partial charge in [-0.2, -0.15) is 0 Å². The van der Waals surface area contributed by atoms with Gasteiger partial charge in [0, 0.05) is 11.4 Å². The number of amides is 1. The summed E-state index contributed by atoms with van der Waals surface area (Å²) >= 11 is 5.85. The minimum Gasteiger partial charge on any atom is -0.479 e. The lowest BCUT2D eigenvalue weighted by molar-refractivity contribution is -0.148. The van der Waals surface area contributed by atoms with Crippen molar-refractivity contribution in [3.05, 3.63) is 34.9 Å². The van der Waals surface area contributed by atoms with E-state index in [4.69, 9.17) is 11.6 Å². The summed E-state index contributed by atoms with van der Waals surface area (Å²) in [7, 11) is 0. The maximum Gasteiger partial charge on any atom is 0.334 e. The molecule has 1 fully saturated rings. The lowest BCUT2D eigenvalue weighted by Gasteiger charge is -2.30. The SMILES string of the molecule is CCC(NC(=O)CCC1CC1)(C(=O)O)c1ccc(Cl)cc1. The predicted molar refractivity (Wildman–Crippen MR) is 81.2 cm³/mol. The van der Waals surface area contributed by atoms with Crippen molar-refractivity contribution in [3.63, 3.8) is 0 Å². The highest BCUT2D eigenvalue weighted by Gasteiger charge is 2.40. The summed E-state index contributed by atoms with van der Waals surface area (Å²) in [5.74, 6) is -0.611. The fourth-order valence-corrected chi connectivity index (χ4v) is 2.60. The van der Waals surface area contributed by atoms with E-state index < -0.39 is 11.5 Å². The Balaban J connectivity index is 2.17. The molecule has 0 aromatic heterocycles. The van der Waals surface area contributed by atoms with E-state index in [2.05, 4.69) is 5.32 Å². The maximum atomic E-state index is 12.1. The number of carboxylic acid groups (broad SMARTS) is 1. The van der Waals surface area contributed by atoms with Crippen molar-refractivity contribution < 1.29 is 14.7 Å². The number of carboxylic acids is 1. The minimum absolute atomic E-state index is 0.207. The maximum absolute atomic E-state index is 12.1. The molecule has 0 spiro atoms. The molecule has 1 unspecified atom stereocenters. The third kappa shape index (κ3) is 3.76. The number of carbonyl (C=O) groups excluding carboxylic acids is 1. The Kier molecular flexibility index (Phi) is 4.88. The van der Waals surface area contributed by atoms with Crippen LogP contribution in [0.5, 0.6) is 0 Å². The number of aliphatic carboxylic acids is 1. The van der Waals surface area contributed by atoms with Crippen molar-refractivity contribution in [2.45, 2.75) is 44.6 Å². The highest BCUT2D eigenvalue weighted by atomic mass is 35.5. The van der Waals surface area contributed by atoms with Crippen LogP contribution in [0.4, 0.5) is 0 Å². The van der Waals surface area contributed by atoms with Gasteiger partial charge in [-0.15, -0.1) is 0 Å². The first-order chi connectivity index (χ1) is 9.98. The fraction of sp³-hybridized carbons (Fsp3) is 0.500. The first kappa shape index (κ1) is 15.8. The van der Waals surface area contributed by atoms with E-state index in [1.54, 1.807) is 31.2 Å². The van der Waals surface area contributed by atoms with E-state index in [1.807, 2.05) is 0 Å². The summed E-state index contributed by atoms with van der Waals surface area (Å²) in [6.07, 6.45) is 3.86. The zero-order valence-electron chi connectivity index (χ0n) is 12.1. The lowest BCUT2D eigenvalue weighted by atomic mass is 9.87. The molecule has 0 aliphatic heterocycles. The summed E-state index contributed by atoms with van der Waals surface area (Å²) < 4.78 is 0. The van der Waals surface area contributed by atoms with Crippen molar-refractivity contribution in [3.8, 4) is 0 Å². The lowest BCUT2D eigenvalue weighted by Crippen LogP contribution is -2.51. The van der Waals surface area contributed by atoms with Crippen molar-refractivity contribution in [2.24, 2.45) is 5.92 Å². The third-order valence-electron chi connectivity index (χ3n) is 4.06. The number of halogens is 1. The van der Waals surface area contributed by atoms with E-state index in [0.29, 0.717) is 22.9 Å². The van der Waals surface area contributed by atoms with Crippen LogP contribution >= 0.6 is 11.6 Å². The molecule has 5 heteroatoms. The second-order valence-corrected chi connectivity index (χ2v) is 6.04. The topological polar surface area (TPSA) is 66.4 Å². The number of benzene rings is 1. The highest BCUT2D eigenvalue weighted by Crippen LogP contribution is 2.34. The van der Waals surface area contributed by atoms with E-state index in [1.165, 1.54) is 12.8 Å². The number of nitrogens with one attached hydrogen (secondary N) is 1. The average Bonchev–Trinajstić information content (AvgIpc) is 3.27. The molecule has 1 aliphatic rings. The molecule has 2 N–H and O–H groups in total. The van der Waals surface area contributed by atoms with E-state index in [9.17, 15) is 14.7 Å². The van der Waals surface area contributed by atoms with Crippen molar-refractivity contribution in [1.29, 1.82) is 0 Å². The van der Waals surface area contributed by atoms with Gasteiger partial charge in [0.05, 0.1) is 0 Å². The second kappa shape index (κ2) is 6.48. The minimum atomic E-state index is -1.38. The van der Waals surface area contributed by atoms with Crippen molar-refractivity contribution in [1.82, 2.24) is 5.32 Å². The highest BCUT2D eigenvalue weighted by molar-refractivity contribution is 6.30. The number of hydrogen-bond acceptors (Lipinski definition) is 2. The van der Waals surface area contributed by atoms with Gasteiger partial charge in [-0.3, -0.25) is 4.79 Å². The Hall–Kier alpha value is -1.55. The van der Waals surface area contributed by atoms with E-state index >= 15 is 0 Å². The van der Waals surface area contributed by atoms with E-state index in [-0.39, 0.29) is 12.3 Å². The Morgan fingerprint density at radius 1 is 1.33 bits per heavy atom. The van der Waals surface area contributed by atoms with Gasteiger partial charge in [-0.25, -0.2) is 4.79 Å². The van der Waals surface area contributed by atoms with Crippen LogP contribution in [0.1, 0.15) is 44.6 Å². The largest absolute Gasteiger partial charge is 0.479 e. The Bertz CT molecular complexity index is 525. The quantitative estimate of drug-likeness (QED) is 0.812. The van der Waals surface area contributed by atoms with Crippen LogP contribution in [0.15, 0.2) is 24.3 Å². The van der Waals surface area contributed by atoms with Gasteiger partial charge >= 0.3 is 5.97 Å². The molecule has 0 heterocycles. The molecule has 1 aromatic rings. The molecule has 1 amide bonds. The number of hydrogen-bond donors (Lipinski definition) is 2. The Morgan fingerprint density at radius 3 is 2.43 bits per heavy atom. The van der Waals surface area contributed by atoms with Gasteiger partial charge < -0.3 is 10.4 Å². The van der Waals surface area contributed by atoms with Crippen LogP contribution in [0.25, 0.3) is 0 Å². The number of rotatable bonds is 7. The molecular weight excluding hydrogens is 290 g/mol. The molecule has 21 heavy (non-hydrogen) atoms. The Labute approximate surface area is 129 Å². The third-order valence-corrected chi connectivity index (χ3v) is 4.31. The van der Waals surface area contributed by atoms with Gasteiger partial charge in [0.1, 0.15) is 0 Å². The van der Waals surface area contributed by atoms with Crippen molar-refractivity contribution in [2.75, 3.05) is 0 Å². The number of carbonyl (C=O) groups is 2. The van der Waals surface area contributed by atoms with Gasteiger partial charge in [0.2, 0.25) is 5.91 Å². The van der Waals surface area contributed by atoms with Crippen LogP contribution in [-0.2, 0) is 15.1 Å². The van der Waals surface area contributed by atoms with Crippen LogP contribution < -0.4 is 5.32 Å². The summed E-state index contributed by atoms with van der Waals surface area (Å²) in [5.41, 5.74) is -0.840. The van der Waals surface area contributed by atoms with Gasteiger partial charge in [0.15, 0.2) is 5.54 Å². The first-order valence-electron chi connectivity index (χ1n) is 7.28. The van der Waals surface area contributed by atoms with Crippen molar-refractivity contribution >= 4 is 23.5 Å². The first-order valence-corrected chi connectivity index (χ1v) is 7.66. The smallest absolute Gasteiger partial charge is 0.334 e. The molecule has 1 saturated carbocycles. The fourth-order valence-electron chi connectivity index (χ4n) is 2.47. The molecule has 1 aromatic carbocycles. The molecule has 1 atom stereocenters. The molecule has 0 bridgehead atoms. The molecule has 4 nitrogen and oxygen atoms in total. The standard InChI is InChI=1S/C16H20ClNO3/c1-2-16(15(20)21,12-6-8-13(17)9-7-12)18-14(19)10-5-11-3-4-11/h6-9,11H,2-5,10H2,1H3,(H,18,19)(H,20,21). The summed E-state index contributed by atoms with van der Waals surface area (Å²) in [6.45, 7) is 1.75. The van der Waals surface area contributed by atoms with Gasteiger partial charge in [-0.1, -0.05) is 43.5 Å². The zero-order chi connectivity index (χ0) is 15.5. The molecular formula is C16H20ClNO3. The molecule has 114 valence electrons. The predicted octanol–water partition coefficient (Wildman–Crippen LogP) is 3.34. The van der Waals surface area contributed by atoms with E-state index in [0.717, 1.165) is 6.42 Å².